The largest absolute Gasteiger partial charge is 0.218 e. The smallest absolute Gasteiger partial charge is 0.207 e. The van der Waals surface area contributed by atoms with Gasteiger partial charge in [-0.2, -0.15) is 0 Å². The van der Waals surface area contributed by atoms with Crippen molar-refractivity contribution < 1.29 is 8.42 Å². The summed E-state index contributed by atoms with van der Waals surface area (Å²) in [6.07, 6.45) is 0. The molecule has 32 heavy (non-hydrogen) atoms. The standard InChI is InChI=1S/C29H22O2S/c1-21-14-17-25(18-15-21)32(30,31)29-20-24(22-8-3-2-4-9-22)16-19-28(29)27-13-7-11-23-10-5-6-12-26(23)27/h2-20H,1H3. The first-order valence-corrected chi connectivity index (χ1v) is 12.0. The van der Waals surface area contributed by atoms with Gasteiger partial charge in [0.15, 0.2) is 0 Å². The minimum Gasteiger partial charge on any atom is -0.218 e. The number of sulfone groups is 1. The highest BCUT2D eigenvalue weighted by Crippen LogP contribution is 2.38. The molecule has 0 saturated heterocycles. The fraction of sp³-hybridized carbons (Fsp3) is 0.0345. The van der Waals surface area contributed by atoms with E-state index in [-0.39, 0.29) is 0 Å². The summed E-state index contributed by atoms with van der Waals surface area (Å²) < 4.78 is 27.7. The van der Waals surface area contributed by atoms with Gasteiger partial charge in [-0.15, -0.1) is 0 Å². The molecular formula is C29H22O2S. The molecule has 0 unspecified atom stereocenters. The summed E-state index contributed by atoms with van der Waals surface area (Å²) in [7, 11) is -3.73. The predicted molar refractivity (Wildman–Crippen MR) is 131 cm³/mol. The Morgan fingerprint density at radius 1 is 0.562 bits per heavy atom. The normalized spacial score (nSPS) is 11.5. The van der Waals surface area contributed by atoms with Crippen LogP contribution >= 0.6 is 0 Å². The van der Waals surface area contributed by atoms with Crippen molar-refractivity contribution in [3.63, 3.8) is 0 Å². The lowest BCUT2D eigenvalue weighted by molar-refractivity contribution is 0.596. The highest BCUT2D eigenvalue weighted by atomic mass is 32.2. The van der Waals surface area contributed by atoms with Crippen molar-refractivity contribution in [2.75, 3.05) is 0 Å². The lowest BCUT2D eigenvalue weighted by atomic mass is 9.96. The molecule has 5 aromatic rings. The highest BCUT2D eigenvalue weighted by Gasteiger charge is 2.23. The Morgan fingerprint density at radius 3 is 2.03 bits per heavy atom. The lowest BCUT2D eigenvalue weighted by Gasteiger charge is -2.15. The highest BCUT2D eigenvalue weighted by molar-refractivity contribution is 7.91. The van der Waals surface area contributed by atoms with E-state index in [1.54, 1.807) is 12.1 Å². The van der Waals surface area contributed by atoms with Crippen molar-refractivity contribution in [2.24, 2.45) is 0 Å². The van der Waals surface area contributed by atoms with E-state index in [4.69, 9.17) is 0 Å². The van der Waals surface area contributed by atoms with Gasteiger partial charge >= 0.3 is 0 Å². The summed E-state index contributed by atoms with van der Waals surface area (Å²) in [5, 5.41) is 2.11. The molecule has 0 amide bonds. The van der Waals surface area contributed by atoms with E-state index in [0.29, 0.717) is 15.4 Å². The Bertz CT molecular complexity index is 1510. The molecular weight excluding hydrogens is 412 g/mol. The molecule has 0 aliphatic rings. The van der Waals surface area contributed by atoms with E-state index in [1.807, 2.05) is 110 Å². The molecule has 0 aliphatic carbocycles. The van der Waals surface area contributed by atoms with E-state index in [2.05, 4.69) is 0 Å². The molecule has 156 valence electrons. The first-order chi connectivity index (χ1) is 15.5. The third-order valence-electron chi connectivity index (χ3n) is 5.79. The molecule has 5 rings (SSSR count). The molecule has 0 radical (unpaired) electrons. The van der Waals surface area contributed by atoms with Crippen LogP contribution in [0.25, 0.3) is 33.0 Å². The summed E-state index contributed by atoms with van der Waals surface area (Å²) >= 11 is 0. The van der Waals surface area contributed by atoms with Gasteiger partial charge in [-0.1, -0.05) is 103 Å². The SMILES string of the molecule is Cc1ccc(S(=O)(=O)c2cc(-c3ccccc3)ccc2-c2cccc3ccccc23)cc1. The van der Waals surface area contributed by atoms with Gasteiger partial charge in [0.2, 0.25) is 9.84 Å². The quantitative estimate of drug-likeness (QED) is 0.297. The number of hydrogen-bond donors (Lipinski definition) is 0. The van der Waals surface area contributed by atoms with Gasteiger partial charge in [-0.3, -0.25) is 0 Å². The van der Waals surface area contributed by atoms with Gasteiger partial charge < -0.3 is 0 Å². The summed E-state index contributed by atoms with van der Waals surface area (Å²) in [5.41, 5.74) is 4.50. The van der Waals surface area contributed by atoms with Crippen molar-refractivity contribution in [3.8, 4) is 22.3 Å². The van der Waals surface area contributed by atoms with Crippen molar-refractivity contribution in [1.82, 2.24) is 0 Å². The number of aryl methyl sites for hydroxylation is 1. The average Bonchev–Trinajstić information content (AvgIpc) is 2.84. The van der Waals surface area contributed by atoms with E-state index >= 15 is 0 Å². The first-order valence-electron chi connectivity index (χ1n) is 10.5. The van der Waals surface area contributed by atoms with E-state index in [1.165, 1.54) is 0 Å². The van der Waals surface area contributed by atoms with Gasteiger partial charge in [-0.25, -0.2) is 8.42 Å². The van der Waals surface area contributed by atoms with E-state index in [9.17, 15) is 8.42 Å². The van der Waals surface area contributed by atoms with Crippen LogP contribution in [0.3, 0.4) is 0 Å². The monoisotopic (exact) mass is 434 g/mol. The second kappa shape index (κ2) is 8.10. The van der Waals surface area contributed by atoms with E-state index in [0.717, 1.165) is 33.0 Å². The molecule has 3 heteroatoms. The van der Waals surface area contributed by atoms with Crippen molar-refractivity contribution in [1.29, 1.82) is 0 Å². The molecule has 5 aromatic carbocycles. The summed E-state index contributed by atoms with van der Waals surface area (Å²) in [6.45, 7) is 1.95. The first kappa shape index (κ1) is 20.2. The summed E-state index contributed by atoms with van der Waals surface area (Å²) in [6, 6.07) is 36.7. The third-order valence-corrected chi connectivity index (χ3v) is 7.60. The van der Waals surface area contributed by atoms with Gasteiger partial charge in [-0.05, 0) is 52.6 Å². The molecule has 0 atom stereocenters. The molecule has 0 fully saturated rings. The maximum Gasteiger partial charge on any atom is 0.207 e. The maximum absolute atomic E-state index is 13.9. The van der Waals surface area contributed by atoms with Crippen LogP contribution in [0.15, 0.2) is 125 Å². The van der Waals surface area contributed by atoms with Crippen LogP contribution in [0.5, 0.6) is 0 Å². The zero-order valence-electron chi connectivity index (χ0n) is 17.7. The second-order valence-corrected chi connectivity index (χ2v) is 9.84. The number of rotatable bonds is 4. The van der Waals surface area contributed by atoms with Crippen LogP contribution in [-0.4, -0.2) is 8.42 Å². The van der Waals surface area contributed by atoms with Crippen molar-refractivity contribution >= 4 is 20.6 Å². The predicted octanol–water partition coefficient (Wildman–Crippen LogP) is 7.32. The number of benzene rings is 5. The minimum atomic E-state index is -3.73. The van der Waals surface area contributed by atoms with Crippen LogP contribution in [0.2, 0.25) is 0 Å². The fourth-order valence-electron chi connectivity index (χ4n) is 4.08. The molecule has 0 saturated carbocycles. The third kappa shape index (κ3) is 3.61. The topological polar surface area (TPSA) is 34.1 Å². The van der Waals surface area contributed by atoms with Gasteiger partial charge in [0.05, 0.1) is 9.79 Å². The van der Waals surface area contributed by atoms with Crippen molar-refractivity contribution in [3.05, 3.63) is 121 Å². The van der Waals surface area contributed by atoms with Gasteiger partial charge in [0.25, 0.3) is 0 Å². The Kier molecular flexibility index (Phi) is 5.12. The average molecular weight is 435 g/mol. The molecule has 0 N–H and O–H groups in total. The van der Waals surface area contributed by atoms with Crippen LogP contribution in [0.4, 0.5) is 0 Å². The Morgan fingerprint density at radius 2 is 1.25 bits per heavy atom. The number of fused-ring (bicyclic) bond motifs is 1. The molecule has 0 aliphatic heterocycles. The van der Waals surface area contributed by atoms with Crippen LogP contribution in [0, 0.1) is 6.92 Å². The fourth-order valence-corrected chi connectivity index (χ4v) is 5.58. The lowest BCUT2D eigenvalue weighted by Crippen LogP contribution is -2.05. The maximum atomic E-state index is 13.9. The second-order valence-electron chi connectivity index (χ2n) is 7.92. The summed E-state index contributed by atoms with van der Waals surface area (Å²) in [5.74, 6) is 0. The van der Waals surface area contributed by atoms with Gasteiger partial charge in [0.1, 0.15) is 0 Å². The number of hydrogen-bond acceptors (Lipinski definition) is 2. The Labute approximate surface area is 188 Å². The minimum absolute atomic E-state index is 0.301. The van der Waals surface area contributed by atoms with Crippen LogP contribution in [0.1, 0.15) is 5.56 Å². The van der Waals surface area contributed by atoms with Gasteiger partial charge in [0, 0.05) is 5.56 Å². The van der Waals surface area contributed by atoms with Crippen LogP contribution in [-0.2, 0) is 9.84 Å². The van der Waals surface area contributed by atoms with Crippen LogP contribution < -0.4 is 0 Å². The zero-order chi connectivity index (χ0) is 22.1. The summed E-state index contributed by atoms with van der Waals surface area (Å²) in [4.78, 5) is 0.619. The van der Waals surface area contributed by atoms with E-state index < -0.39 is 9.84 Å². The Hall–Kier alpha value is -3.69. The Balaban J connectivity index is 1.80. The molecule has 0 bridgehead atoms. The zero-order valence-corrected chi connectivity index (χ0v) is 18.5. The molecule has 0 heterocycles. The molecule has 2 nitrogen and oxygen atoms in total. The van der Waals surface area contributed by atoms with Crippen molar-refractivity contribution in [2.45, 2.75) is 16.7 Å². The molecule has 0 spiro atoms. The molecule has 0 aromatic heterocycles.